The summed E-state index contributed by atoms with van der Waals surface area (Å²) in [6.07, 6.45) is 5.30. The molecule has 2 amide bonds. The van der Waals surface area contributed by atoms with E-state index < -0.39 is 0 Å². The van der Waals surface area contributed by atoms with Crippen LogP contribution >= 0.6 is 0 Å². The molecule has 6 heteroatoms. The van der Waals surface area contributed by atoms with Crippen molar-refractivity contribution < 1.29 is 9.59 Å². The number of carbonyl (C=O) groups is 2. The number of nitrogens with zero attached hydrogens (tertiary/aromatic N) is 3. The van der Waals surface area contributed by atoms with E-state index in [4.69, 9.17) is 0 Å². The molecule has 4 rings (SSSR count). The van der Waals surface area contributed by atoms with Crippen molar-refractivity contribution in [2.75, 3.05) is 11.9 Å². The van der Waals surface area contributed by atoms with Crippen LogP contribution < -0.4 is 5.32 Å². The molecule has 2 aromatic rings. The molecule has 26 heavy (non-hydrogen) atoms. The minimum atomic E-state index is -0.368. The van der Waals surface area contributed by atoms with Crippen molar-refractivity contribution in [3.63, 3.8) is 0 Å². The third kappa shape index (κ3) is 3.11. The lowest BCUT2D eigenvalue weighted by atomic mass is 9.98. The van der Waals surface area contributed by atoms with Crippen molar-refractivity contribution in [2.24, 2.45) is 5.92 Å². The van der Waals surface area contributed by atoms with Crippen LogP contribution in [0.2, 0.25) is 0 Å². The quantitative estimate of drug-likeness (QED) is 0.923. The van der Waals surface area contributed by atoms with Crippen LogP contribution in [0.5, 0.6) is 0 Å². The maximum Gasteiger partial charge on any atom is 0.231 e. The molecule has 0 radical (unpaired) electrons. The molecule has 1 aromatic carbocycles. The lowest BCUT2D eigenvalue weighted by molar-refractivity contribution is -0.138. The van der Waals surface area contributed by atoms with Crippen LogP contribution in [0.15, 0.2) is 36.5 Å². The molecule has 0 spiro atoms. The molecule has 1 aromatic heterocycles. The Bertz CT molecular complexity index is 814. The molecule has 1 fully saturated rings. The lowest BCUT2D eigenvalue weighted by Gasteiger charge is -2.34. The van der Waals surface area contributed by atoms with Gasteiger partial charge in [-0.25, -0.2) is 4.68 Å². The van der Waals surface area contributed by atoms with Gasteiger partial charge in [-0.1, -0.05) is 30.3 Å². The summed E-state index contributed by atoms with van der Waals surface area (Å²) in [5.41, 5.74) is 1.93. The molecule has 3 heterocycles. The second-order valence-corrected chi connectivity index (χ2v) is 7.28. The summed E-state index contributed by atoms with van der Waals surface area (Å²) in [6, 6.07) is 10.2. The van der Waals surface area contributed by atoms with Gasteiger partial charge in [-0.15, -0.1) is 0 Å². The van der Waals surface area contributed by atoms with Crippen LogP contribution in [-0.2, 0) is 16.1 Å². The third-order valence-electron chi connectivity index (χ3n) is 5.47. The van der Waals surface area contributed by atoms with Gasteiger partial charge in [0.15, 0.2) is 0 Å². The fourth-order valence-electron chi connectivity index (χ4n) is 3.95. The van der Waals surface area contributed by atoms with Crippen LogP contribution in [0.25, 0.3) is 11.1 Å². The highest BCUT2D eigenvalue weighted by Gasteiger charge is 2.33. The van der Waals surface area contributed by atoms with Gasteiger partial charge in [0, 0.05) is 24.6 Å². The van der Waals surface area contributed by atoms with Gasteiger partial charge in [0.2, 0.25) is 11.8 Å². The number of amides is 2. The number of carbonyl (C=O) groups excluding carboxylic acids is 2. The van der Waals surface area contributed by atoms with Gasteiger partial charge in [-0.2, -0.15) is 5.10 Å². The van der Waals surface area contributed by atoms with Crippen molar-refractivity contribution in [1.82, 2.24) is 14.7 Å². The van der Waals surface area contributed by atoms with Crippen molar-refractivity contribution in [3.05, 3.63) is 36.5 Å². The van der Waals surface area contributed by atoms with Gasteiger partial charge >= 0.3 is 0 Å². The summed E-state index contributed by atoms with van der Waals surface area (Å²) in [4.78, 5) is 27.2. The summed E-state index contributed by atoms with van der Waals surface area (Å²) in [6.45, 7) is 3.34. The number of benzene rings is 1. The SMILES string of the molecule is C[C@@H]1CCCCN1C(=O)C[C@@H]1Cn2ncc(-c3ccccc3)c2NC1=O. The third-order valence-corrected chi connectivity index (χ3v) is 5.47. The van der Waals surface area contributed by atoms with E-state index in [2.05, 4.69) is 17.3 Å². The van der Waals surface area contributed by atoms with Gasteiger partial charge in [-0.3, -0.25) is 9.59 Å². The standard InChI is InChI=1S/C20H24N4O2/c1-14-7-5-6-10-23(14)18(25)11-16-13-24-19(22-20(16)26)17(12-21-24)15-8-3-2-4-9-15/h2-4,8-9,12,14,16H,5-7,10-11,13H2,1H3,(H,22,26)/t14-,16-/m1/s1. The van der Waals surface area contributed by atoms with E-state index in [-0.39, 0.29) is 30.2 Å². The molecule has 2 atom stereocenters. The first-order valence-electron chi connectivity index (χ1n) is 9.35. The Kier molecular flexibility index (Phi) is 4.49. The molecule has 136 valence electrons. The van der Waals surface area contributed by atoms with E-state index in [0.29, 0.717) is 6.54 Å². The fraction of sp³-hybridized carbons (Fsp3) is 0.450. The Balaban J connectivity index is 1.50. The maximum atomic E-state index is 12.7. The van der Waals surface area contributed by atoms with E-state index in [0.717, 1.165) is 36.3 Å². The van der Waals surface area contributed by atoms with Gasteiger partial charge < -0.3 is 10.2 Å². The van der Waals surface area contributed by atoms with Gasteiger partial charge in [0.25, 0.3) is 0 Å². The molecule has 0 unspecified atom stereocenters. The summed E-state index contributed by atoms with van der Waals surface area (Å²) in [5.74, 6) is 0.341. The van der Waals surface area contributed by atoms with Crippen LogP contribution in [0.1, 0.15) is 32.6 Å². The first-order valence-corrected chi connectivity index (χ1v) is 9.35. The first-order chi connectivity index (χ1) is 12.6. The molecule has 0 saturated carbocycles. The topological polar surface area (TPSA) is 67.2 Å². The van der Waals surface area contributed by atoms with E-state index >= 15 is 0 Å². The van der Waals surface area contributed by atoms with Crippen molar-refractivity contribution >= 4 is 17.6 Å². The minimum Gasteiger partial charge on any atom is -0.340 e. The summed E-state index contributed by atoms with van der Waals surface area (Å²) in [5, 5.41) is 7.40. The molecular weight excluding hydrogens is 328 g/mol. The van der Waals surface area contributed by atoms with Gasteiger partial charge in [0.1, 0.15) is 5.82 Å². The zero-order valence-corrected chi connectivity index (χ0v) is 15.0. The number of piperidine rings is 1. The van der Waals surface area contributed by atoms with Crippen LogP contribution in [0, 0.1) is 5.92 Å². The van der Waals surface area contributed by atoms with Crippen molar-refractivity contribution in [1.29, 1.82) is 0 Å². The van der Waals surface area contributed by atoms with Crippen LogP contribution in [0.3, 0.4) is 0 Å². The van der Waals surface area contributed by atoms with Crippen LogP contribution in [-0.4, -0.2) is 39.1 Å². The molecule has 6 nitrogen and oxygen atoms in total. The second-order valence-electron chi connectivity index (χ2n) is 7.28. The van der Waals surface area contributed by atoms with E-state index in [1.165, 1.54) is 6.42 Å². The van der Waals surface area contributed by atoms with Gasteiger partial charge in [0.05, 0.1) is 18.7 Å². The zero-order chi connectivity index (χ0) is 18.1. The molecular formula is C20H24N4O2. The maximum absolute atomic E-state index is 12.7. The molecule has 2 aliphatic heterocycles. The number of anilines is 1. The highest BCUT2D eigenvalue weighted by molar-refractivity contribution is 5.98. The lowest BCUT2D eigenvalue weighted by Crippen LogP contribution is -2.44. The zero-order valence-electron chi connectivity index (χ0n) is 15.0. The van der Waals surface area contributed by atoms with E-state index in [1.807, 2.05) is 35.2 Å². The highest BCUT2D eigenvalue weighted by Crippen LogP contribution is 2.32. The Morgan fingerprint density at radius 1 is 1.27 bits per heavy atom. The Morgan fingerprint density at radius 3 is 2.85 bits per heavy atom. The number of likely N-dealkylation sites (tertiary alicyclic amines) is 1. The molecule has 2 aliphatic rings. The molecule has 0 aliphatic carbocycles. The smallest absolute Gasteiger partial charge is 0.231 e. The first kappa shape index (κ1) is 16.8. The highest BCUT2D eigenvalue weighted by atomic mass is 16.2. The number of hydrogen-bond donors (Lipinski definition) is 1. The summed E-state index contributed by atoms with van der Waals surface area (Å²) in [7, 11) is 0. The average molecular weight is 352 g/mol. The predicted octanol–water partition coefficient (Wildman–Crippen LogP) is 2.91. The number of rotatable bonds is 3. The predicted molar refractivity (Wildman–Crippen MR) is 99.4 cm³/mol. The van der Waals surface area contributed by atoms with E-state index in [9.17, 15) is 9.59 Å². The molecule has 1 saturated heterocycles. The Morgan fingerprint density at radius 2 is 2.08 bits per heavy atom. The number of hydrogen-bond acceptors (Lipinski definition) is 3. The summed E-state index contributed by atoms with van der Waals surface area (Å²) >= 11 is 0. The average Bonchev–Trinajstić information content (AvgIpc) is 3.05. The Labute approximate surface area is 153 Å². The summed E-state index contributed by atoms with van der Waals surface area (Å²) < 4.78 is 1.81. The number of fused-ring (bicyclic) bond motifs is 1. The largest absolute Gasteiger partial charge is 0.340 e. The van der Waals surface area contributed by atoms with Crippen molar-refractivity contribution in [2.45, 2.75) is 45.2 Å². The van der Waals surface area contributed by atoms with Crippen LogP contribution in [0.4, 0.5) is 5.82 Å². The minimum absolute atomic E-state index is 0.0799. The fourth-order valence-corrected chi connectivity index (χ4v) is 3.95. The normalized spacial score (nSPS) is 22.7. The number of aromatic nitrogens is 2. The van der Waals surface area contributed by atoms with E-state index in [1.54, 1.807) is 10.9 Å². The van der Waals surface area contributed by atoms with Gasteiger partial charge in [-0.05, 0) is 31.7 Å². The monoisotopic (exact) mass is 352 g/mol. The molecule has 1 N–H and O–H groups in total. The number of nitrogens with one attached hydrogen (secondary N) is 1. The van der Waals surface area contributed by atoms with Crippen molar-refractivity contribution in [3.8, 4) is 11.1 Å². The molecule has 0 bridgehead atoms. The Hall–Kier alpha value is -2.63. The second kappa shape index (κ2) is 6.94.